The van der Waals surface area contributed by atoms with Crippen LogP contribution in [0.15, 0.2) is 17.5 Å². The fourth-order valence-electron chi connectivity index (χ4n) is 0.919. The van der Waals surface area contributed by atoms with Gasteiger partial charge in [0.25, 0.3) is 0 Å². The average molecular weight is 222 g/mol. The van der Waals surface area contributed by atoms with E-state index in [4.69, 9.17) is 0 Å². The molecule has 1 heterocycles. The van der Waals surface area contributed by atoms with E-state index in [2.05, 4.69) is 19.7 Å². The number of aromatic nitrogens is 2. The van der Waals surface area contributed by atoms with E-state index in [1.165, 1.54) is 19.6 Å². The van der Waals surface area contributed by atoms with E-state index in [1.54, 1.807) is 0 Å². The summed E-state index contributed by atoms with van der Waals surface area (Å²) in [7, 11) is 5.03. The number of hydrogen-bond donors (Lipinski definition) is 0. The van der Waals surface area contributed by atoms with Crippen LogP contribution >= 0.6 is 0 Å². The first-order valence-corrected chi connectivity index (χ1v) is 4.67. The quantitative estimate of drug-likeness (QED) is 0.422. The summed E-state index contributed by atoms with van der Waals surface area (Å²) < 4.78 is 4.62. The normalized spacial score (nSPS) is 11.1. The van der Waals surface area contributed by atoms with Crippen LogP contribution in [0.5, 0.6) is 0 Å². The van der Waals surface area contributed by atoms with Crippen molar-refractivity contribution in [1.82, 2.24) is 14.9 Å². The highest BCUT2D eigenvalue weighted by atomic mass is 16.5. The summed E-state index contributed by atoms with van der Waals surface area (Å²) in [5.74, 6) is 0.558. The Kier molecular flexibility index (Phi) is 3.93. The van der Waals surface area contributed by atoms with Crippen molar-refractivity contribution >= 4 is 17.6 Å². The lowest BCUT2D eigenvalue weighted by Gasteiger charge is -2.11. The van der Waals surface area contributed by atoms with Crippen molar-refractivity contribution in [3.8, 4) is 0 Å². The van der Waals surface area contributed by atoms with Crippen molar-refractivity contribution in [1.29, 1.82) is 0 Å². The Balaban J connectivity index is 3.14. The van der Waals surface area contributed by atoms with Crippen molar-refractivity contribution in [2.24, 2.45) is 4.99 Å². The van der Waals surface area contributed by atoms with Gasteiger partial charge in [-0.2, -0.15) is 0 Å². The Morgan fingerprint density at radius 1 is 1.50 bits per heavy atom. The zero-order chi connectivity index (χ0) is 12.1. The first-order valence-electron chi connectivity index (χ1n) is 4.67. The van der Waals surface area contributed by atoms with Gasteiger partial charge in [0.2, 0.25) is 0 Å². The minimum Gasteiger partial charge on any atom is -0.465 e. The smallest absolute Gasteiger partial charge is 0.343 e. The van der Waals surface area contributed by atoms with Gasteiger partial charge in [-0.05, 0) is 6.92 Å². The van der Waals surface area contributed by atoms with Gasteiger partial charge in [0.15, 0.2) is 5.82 Å². The number of methoxy groups -OCH3 is 1. The van der Waals surface area contributed by atoms with Gasteiger partial charge >= 0.3 is 5.97 Å². The number of esters is 1. The standard InChI is InChI=1S/C10H14N4O2/c1-7(14(2)3)13-9-8(10(15)16-4)5-11-6-12-9/h5-6H,1-4H3. The average Bonchev–Trinajstić information content (AvgIpc) is 2.28. The van der Waals surface area contributed by atoms with Gasteiger partial charge in [0.1, 0.15) is 17.7 Å². The van der Waals surface area contributed by atoms with Crippen LogP contribution < -0.4 is 0 Å². The molecule has 0 spiro atoms. The Morgan fingerprint density at radius 2 is 2.19 bits per heavy atom. The number of nitrogens with zero attached hydrogens (tertiary/aromatic N) is 4. The molecule has 0 aromatic carbocycles. The van der Waals surface area contributed by atoms with Crippen molar-refractivity contribution < 1.29 is 9.53 Å². The van der Waals surface area contributed by atoms with Crippen LogP contribution in [-0.4, -0.2) is 47.9 Å². The molecule has 6 nitrogen and oxygen atoms in total. The van der Waals surface area contributed by atoms with Crippen LogP contribution in [0, 0.1) is 0 Å². The van der Waals surface area contributed by atoms with Crippen LogP contribution in [0.3, 0.4) is 0 Å². The molecule has 0 aliphatic rings. The topological polar surface area (TPSA) is 67.7 Å². The van der Waals surface area contributed by atoms with E-state index < -0.39 is 5.97 Å². The van der Waals surface area contributed by atoms with Gasteiger partial charge in [-0.3, -0.25) is 0 Å². The predicted octanol–water partition coefficient (Wildman–Crippen LogP) is 0.875. The summed E-state index contributed by atoms with van der Waals surface area (Å²) in [4.78, 5) is 25.2. The largest absolute Gasteiger partial charge is 0.465 e. The molecule has 6 heteroatoms. The maximum Gasteiger partial charge on any atom is 0.343 e. The molecule has 0 atom stereocenters. The molecule has 0 amide bonds. The third-order valence-corrected chi connectivity index (χ3v) is 2.01. The molecule has 0 bridgehead atoms. The van der Waals surface area contributed by atoms with Crippen LogP contribution in [0.1, 0.15) is 17.3 Å². The summed E-state index contributed by atoms with van der Waals surface area (Å²) >= 11 is 0. The Hall–Kier alpha value is -1.98. The zero-order valence-electron chi connectivity index (χ0n) is 9.76. The molecule has 0 fully saturated rings. The van der Waals surface area contributed by atoms with Crippen LogP contribution in [-0.2, 0) is 4.74 Å². The van der Waals surface area contributed by atoms with Crippen molar-refractivity contribution in [2.75, 3.05) is 21.2 Å². The van der Waals surface area contributed by atoms with Crippen molar-refractivity contribution in [3.63, 3.8) is 0 Å². The second-order valence-electron chi connectivity index (χ2n) is 3.31. The van der Waals surface area contributed by atoms with E-state index in [-0.39, 0.29) is 5.56 Å². The third kappa shape index (κ3) is 2.75. The molecule has 86 valence electrons. The van der Waals surface area contributed by atoms with Crippen LogP contribution in [0.25, 0.3) is 0 Å². The Bertz CT molecular complexity index is 415. The van der Waals surface area contributed by atoms with Crippen LogP contribution in [0.4, 0.5) is 5.82 Å². The fourth-order valence-corrected chi connectivity index (χ4v) is 0.919. The van der Waals surface area contributed by atoms with Gasteiger partial charge in [-0.1, -0.05) is 0 Å². The second kappa shape index (κ2) is 5.20. The zero-order valence-corrected chi connectivity index (χ0v) is 9.76. The summed E-state index contributed by atoms with van der Waals surface area (Å²) in [6.45, 7) is 1.82. The summed E-state index contributed by atoms with van der Waals surface area (Å²) in [5.41, 5.74) is 0.256. The molecule has 0 radical (unpaired) electrons. The molecule has 1 aromatic rings. The van der Waals surface area contributed by atoms with Gasteiger partial charge < -0.3 is 9.64 Å². The minimum absolute atomic E-state index is 0.256. The highest BCUT2D eigenvalue weighted by Gasteiger charge is 2.12. The molecule has 0 unspecified atom stereocenters. The highest BCUT2D eigenvalue weighted by Crippen LogP contribution is 2.15. The number of rotatable bonds is 2. The molecule has 0 saturated carbocycles. The van der Waals surface area contributed by atoms with E-state index >= 15 is 0 Å². The van der Waals surface area contributed by atoms with E-state index in [9.17, 15) is 4.79 Å². The molecule has 0 aliphatic carbocycles. The predicted molar refractivity (Wildman–Crippen MR) is 59.8 cm³/mol. The molecule has 0 N–H and O–H groups in total. The lowest BCUT2D eigenvalue weighted by Crippen LogP contribution is -2.18. The minimum atomic E-state index is -0.495. The van der Waals surface area contributed by atoms with Crippen molar-refractivity contribution in [3.05, 3.63) is 18.1 Å². The lowest BCUT2D eigenvalue weighted by atomic mass is 10.3. The number of carbonyl (C=O) groups excluding carboxylic acids is 1. The summed E-state index contributed by atoms with van der Waals surface area (Å²) in [6.07, 6.45) is 2.73. The van der Waals surface area contributed by atoms with E-state index in [1.807, 2.05) is 25.9 Å². The number of amidine groups is 1. The first kappa shape index (κ1) is 12.1. The van der Waals surface area contributed by atoms with Crippen LogP contribution in [0.2, 0.25) is 0 Å². The molecule has 0 saturated heterocycles. The van der Waals surface area contributed by atoms with E-state index in [0.717, 1.165) is 5.84 Å². The Morgan fingerprint density at radius 3 is 2.75 bits per heavy atom. The first-order chi connectivity index (χ1) is 7.56. The maximum absolute atomic E-state index is 11.4. The maximum atomic E-state index is 11.4. The van der Waals surface area contributed by atoms with E-state index in [0.29, 0.717) is 5.82 Å². The number of hydrogen-bond acceptors (Lipinski definition) is 5. The lowest BCUT2D eigenvalue weighted by molar-refractivity contribution is 0.0601. The molecule has 0 aliphatic heterocycles. The number of carbonyl (C=O) groups is 1. The third-order valence-electron chi connectivity index (χ3n) is 2.01. The highest BCUT2D eigenvalue weighted by molar-refractivity contribution is 5.95. The number of ether oxygens (including phenoxy) is 1. The SMILES string of the molecule is COC(=O)c1cncnc1N=C(C)N(C)C. The van der Waals surface area contributed by atoms with Gasteiger partial charge in [0, 0.05) is 20.3 Å². The van der Waals surface area contributed by atoms with Crippen molar-refractivity contribution in [2.45, 2.75) is 6.92 Å². The molecule has 16 heavy (non-hydrogen) atoms. The Labute approximate surface area is 94.0 Å². The molecule has 1 rings (SSSR count). The molecular formula is C10H14N4O2. The monoisotopic (exact) mass is 222 g/mol. The number of aliphatic imine (C=N–C) groups is 1. The second-order valence-corrected chi connectivity index (χ2v) is 3.31. The fraction of sp³-hybridized carbons (Fsp3) is 0.400. The van der Waals surface area contributed by atoms with Gasteiger partial charge in [0.05, 0.1) is 7.11 Å². The van der Waals surface area contributed by atoms with Gasteiger partial charge in [-0.25, -0.2) is 19.8 Å². The molecule has 1 aromatic heterocycles. The summed E-state index contributed by atoms with van der Waals surface area (Å²) in [6, 6.07) is 0. The van der Waals surface area contributed by atoms with Gasteiger partial charge in [-0.15, -0.1) is 0 Å². The molecular weight excluding hydrogens is 208 g/mol. The summed E-state index contributed by atoms with van der Waals surface area (Å²) in [5, 5.41) is 0.